The molecular weight excluding hydrogens is 358 g/mol. The number of nitrogens with one attached hydrogen (secondary N) is 2. The van der Waals surface area contributed by atoms with E-state index in [0.717, 1.165) is 11.3 Å². The van der Waals surface area contributed by atoms with Crippen LogP contribution in [0.15, 0.2) is 71.8 Å². The van der Waals surface area contributed by atoms with E-state index < -0.39 is 10.0 Å². The van der Waals surface area contributed by atoms with Crippen LogP contribution in [-0.2, 0) is 10.0 Å². The first-order valence-electron chi connectivity index (χ1n) is 8.76. The third-order valence-electron chi connectivity index (χ3n) is 4.20. The standard InChI is InChI=1S/C21H23N3O2S/c1-15(2)17-6-8-18(9-7-17)23-21-13-10-19(14-22-21)24-27(25,26)20-11-4-16(3)5-12-20/h4-15,24H,1-3H3,(H,22,23). The number of pyridine rings is 1. The Hall–Kier alpha value is -2.86. The van der Waals surface area contributed by atoms with E-state index in [2.05, 4.69) is 41.0 Å². The fourth-order valence-electron chi connectivity index (χ4n) is 2.56. The van der Waals surface area contributed by atoms with Gasteiger partial charge in [-0.05, 0) is 54.8 Å². The molecule has 0 radical (unpaired) electrons. The van der Waals surface area contributed by atoms with Crippen LogP contribution in [0.4, 0.5) is 17.2 Å². The lowest BCUT2D eigenvalue weighted by molar-refractivity contribution is 0.601. The summed E-state index contributed by atoms with van der Waals surface area (Å²) >= 11 is 0. The first-order valence-corrected chi connectivity index (χ1v) is 10.2. The molecule has 0 unspecified atom stereocenters. The van der Waals surface area contributed by atoms with Crippen molar-refractivity contribution in [3.63, 3.8) is 0 Å². The maximum Gasteiger partial charge on any atom is 0.261 e. The largest absolute Gasteiger partial charge is 0.340 e. The number of rotatable bonds is 6. The molecule has 0 aliphatic rings. The Morgan fingerprint density at radius 1 is 0.852 bits per heavy atom. The minimum atomic E-state index is -3.63. The van der Waals surface area contributed by atoms with Gasteiger partial charge >= 0.3 is 0 Å². The molecule has 1 heterocycles. The number of benzene rings is 2. The molecule has 2 aromatic carbocycles. The second-order valence-electron chi connectivity index (χ2n) is 6.75. The van der Waals surface area contributed by atoms with Crippen LogP contribution in [-0.4, -0.2) is 13.4 Å². The molecule has 3 rings (SSSR count). The molecule has 140 valence electrons. The molecule has 0 aliphatic carbocycles. The molecule has 2 N–H and O–H groups in total. The van der Waals surface area contributed by atoms with E-state index >= 15 is 0 Å². The van der Waals surface area contributed by atoms with Crippen LogP contribution in [0.3, 0.4) is 0 Å². The second-order valence-corrected chi connectivity index (χ2v) is 8.43. The van der Waals surface area contributed by atoms with Crippen molar-refractivity contribution >= 4 is 27.2 Å². The van der Waals surface area contributed by atoms with Gasteiger partial charge in [-0.1, -0.05) is 43.7 Å². The number of sulfonamides is 1. The molecule has 0 atom stereocenters. The van der Waals surface area contributed by atoms with Gasteiger partial charge in [0.25, 0.3) is 10.0 Å². The van der Waals surface area contributed by atoms with Gasteiger partial charge in [-0.2, -0.15) is 0 Å². The molecule has 0 fully saturated rings. The number of aryl methyl sites for hydroxylation is 1. The van der Waals surface area contributed by atoms with Gasteiger partial charge in [0.1, 0.15) is 5.82 Å². The predicted octanol–water partition coefficient (Wildman–Crippen LogP) is 5.06. The number of nitrogens with zero attached hydrogens (tertiary/aromatic N) is 1. The normalized spacial score (nSPS) is 11.4. The molecule has 27 heavy (non-hydrogen) atoms. The van der Waals surface area contributed by atoms with E-state index in [1.807, 2.05) is 19.1 Å². The van der Waals surface area contributed by atoms with Crippen LogP contribution >= 0.6 is 0 Å². The Labute approximate surface area is 160 Å². The summed E-state index contributed by atoms with van der Waals surface area (Å²) in [7, 11) is -3.63. The maximum absolute atomic E-state index is 12.4. The van der Waals surface area contributed by atoms with Crippen LogP contribution in [0, 0.1) is 6.92 Å². The number of aromatic nitrogens is 1. The molecule has 1 aromatic heterocycles. The Bertz CT molecular complexity index is 995. The number of anilines is 3. The molecule has 0 saturated heterocycles. The molecule has 6 heteroatoms. The van der Waals surface area contributed by atoms with E-state index in [1.54, 1.807) is 36.4 Å². The Kier molecular flexibility index (Phi) is 5.46. The van der Waals surface area contributed by atoms with Gasteiger partial charge in [-0.25, -0.2) is 13.4 Å². The highest BCUT2D eigenvalue weighted by Crippen LogP contribution is 2.21. The summed E-state index contributed by atoms with van der Waals surface area (Å²) in [6, 6.07) is 18.3. The summed E-state index contributed by atoms with van der Waals surface area (Å²) in [6.07, 6.45) is 1.50. The van der Waals surface area contributed by atoms with E-state index in [9.17, 15) is 8.42 Å². The molecule has 5 nitrogen and oxygen atoms in total. The van der Waals surface area contributed by atoms with Gasteiger partial charge in [0, 0.05) is 5.69 Å². The van der Waals surface area contributed by atoms with Gasteiger partial charge in [0.15, 0.2) is 0 Å². The van der Waals surface area contributed by atoms with Crippen LogP contribution in [0.1, 0.15) is 30.9 Å². The zero-order valence-corrected chi connectivity index (χ0v) is 16.4. The lowest BCUT2D eigenvalue weighted by atomic mass is 10.0. The lowest BCUT2D eigenvalue weighted by Gasteiger charge is -2.10. The van der Waals surface area contributed by atoms with Crippen molar-refractivity contribution in [1.29, 1.82) is 0 Å². The maximum atomic E-state index is 12.4. The third-order valence-corrected chi connectivity index (χ3v) is 5.59. The van der Waals surface area contributed by atoms with E-state index in [-0.39, 0.29) is 4.90 Å². The van der Waals surface area contributed by atoms with E-state index in [4.69, 9.17) is 0 Å². The van der Waals surface area contributed by atoms with Crippen molar-refractivity contribution < 1.29 is 8.42 Å². The third kappa shape index (κ3) is 4.86. The Balaban J connectivity index is 1.68. The Morgan fingerprint density at radius 2 is 1.48 bits per heavy atom. The first kappa shape index (κ1) is 18.9. The zero-order chi connectivity index (χ0) is 19.4. The summed E-state index contributed by atoms with van der Waals surface area (Å²) < 4.78 is 27.4. The summed E-state index contributed by atoms with van der Waals surface area (Å²) in [5.41, 5.74) is 3.62. The minimum Gasteiger partial charge on any atom is -0.340 e. The Morgan fingerprint density at radius 3 is 2.04 bits per heavy atom. The van der Waals surface area contributed by atoms with Crippen molar-refractivity contribution in [2.45, 2.75) is 31.6 Å². The SMILES string of the molecule is Cc1ccc(S(=O)(=O)Nc2ccc(Nc3ccc(C(C)C)cc3)nc2)cc1. The molecule has 0 amide bonds. The summed E-state index contributed by atoms with van der Waals surface area (Å²) in [4.78, 5) is 4.51. The second kappa shape index (κ2) is 7.80. The quantitative estimate of drug-likeness (QED) is 0.626. The monoisotopic (exact) mass is 381 g/mol. The fraction of sp³-hybridized carbons (Fsp3) is 0.190. The van der Waals surface area contributed by atoms with Crippen LogP contribution < -0.4 is 10.0 Å². The van der Waals surface area contributed by atoms with Gasteiger partial charge in [-0.15, -0.1) is 0 Å². The molecule has 0 spiro atoms. The first-order chi connectivity index (χ1) is 12.8. The number of hydrogen-bond donors (Lipinski definition) is 2. The fourth-order valence-corrected chi connectivity index (χ4v) is 3.60. The highest BCUT2D eigenvalue weighted by molar-refractivity contribution is 7.92. The van der Waals surface area contributed by atoms with Crippen molar-refractivity contribution in [2.75, 3.05) is 10.0 Å². The summed E-state index contributed by atoms with van der Waals surface area (Å²) in [5, 5.41) is 3.21. The molecule has 0 saturated carbocycles. The summed E-state index contributed by atoms with van der Waals surface area (Å²) in [6.45, 7) is 6.22. The topological polar surface area (TPSA) is 71.1 Å². The smallest absolute Gasteiger partial charge is 0.261 e. The van der Waals surface area contributed by atoms with Crippen LogP contribution in [0.2, 0.25) is 0 Å². The summed E-state index contributed by atoms with van der Waals surface area (Å²) in [5.74, 6) is 1.13. The highest BCUT2D eigenvalue weighted by Gasteiger charge is 2.14. The highest BCUT2D eigenvalue weighted by atomic mass is 32.2. The van der Waals surface area contributed by atoms with Crippen molar-refractivity contribution in [3.8, 4) is 0 Å². The van der Waals surface area contributed by atoms with Crippen LogP contribution in [0.25, 0.3) is 0 Å². The van der Waals surface area contributed by atoms with Crippen molar-refractivity contribution in [3.05, 3.63) is 78.0 Å². The van der Waals surface area contributed by atoms with Crippen molar-refractivity contribution in [1.82, 2.24) is 4.98 Å². The molecule has 0 aliphatic heterocycles. The molecule has 0 bridgehead atoms. The van der Waals surface area contributed by atoms with Gasteiger partial charge in [0.2, 0.25) is 0 Å². The predicted molar refractivity (Wildman–Crippen MR) is 110 cm³/mol. The van der Waals surface area contributed by atoms with E-state index in [1.165, 1.54) is 11.8 Å². The van der Waals surface area contributed by atoms with Gasteiger partial charge < -0.3 is 5.32 Å². The lowest BCUT2D eigenvalue weighted by Crippen LogP contribution is -2.13. The van der Waals surface area contributed by atoms with Gasteiger partial charge in [0.05, 0.1) is 16.8 Å². The molecule has 3 aromatic rings. The zero-order valence-electron chi connectivity index (χ0n) is 15.6. The minimum absolute atomic E-state index is 0.223. The van der Waals surface area contributed by atoms with Crippen LogP contribution in [0.5, 0.6) is 0 Å². The number of hydrogen-bond acceptors (Lipinski definition) is 4. The average molecular weight is 382 g/mol. The van der Waals surface area contributed by atoms with Crippen molar-refractivity contribution in [2.24, 2.45) is 0 Å². The average Bonchev–Trinajstić information content (AvgIpc) is 2.64. The van der Waals surface area contributed by atoms with Gasteiger partial charge in [-0.3, -0.25) is 4.72 Å². The van der Waals surface area contributed by atoms with E-state index in [0.29, 0.717) is 17.4 Å². The molecular formula is C21H23N3O2S.